The first-order valence-electron chi connectivity index (χ1n) is 10.4. The summed E-state index contributed by atoms with van der Waals surface area (Å²) in [6.45, 7) is 0. The van der Waals surface area contributed by atoms with E-state index in [9.17, 15) is 49.1 Å². The van der Waals surface area contributed by atoms with Crippen LogP contribution in [0.2, 0.25) is 0 Å². The zero-order valence-electron chi connectivity index (χ0n) is 18.0. The van der Waals surface area contributed by atoms with Crippen molar-refractivity contribution in [2.45, 2.75) is 0 Å². The van der Waals surface area contributed by atoms with Gasteiger partial charge in [0.15, 0.2) is 58.1 Å². The highest BCUT2D eigenvalue weighted by Gasteiger charge is 2.34. The van der Waals surface area contributed by atoms with E-state index in [0.717, 1.165) is 18.2 Å². The van der Waals surface area contributed by atoms with Gasteiger partial charge in [0.1, 0.15) is 0 Å². The van der Waals surface area contributed by atoms with Crippen molar-refractivity contribution in [1.82, 2.24) is 0 Å². The number of halogens is 9. The minimum atomic E-state index is -2.34. The number of benzene rings is 4. The maximum Gasteiger partial charge on any atom is 0.200 e. The SMILES string of the molecule is O=C1c2cc3cc(-c4c(F)c(F)c(F)c(F)c4F)sc3cc2C(=O)c2cc3c(F)c(F)c(F)c(F)c3cc21. The van der Waals surface area contributed by atoms with Crippen LogP contribution in [0.1, 0.15) is 31.8 Å². The van der Waals surface area contributed by atoms with E-state index >= 15 is 0 Å². The fourth-order valence-electron chi connectivity index (χ4n) is 4.46. The molecule has 0 amide bonds. The summed E-state index contributed by atoms with van der Waals surface area (Å²) in [7, 11) is 0. The molecule has 0 saturated carbocycles. The van der Waals surface area contributed by atoms with Crippen LogP contribution in [0.5, 0.6) is 0 Å². The molecule has 1 aliphatic carbocycles. The Balaban J connectivity index is 1.57. The van der Waals surface area contributed by atoms with Gasteiger partial charge in [-0.1, -0.05) is 0 Å². The molecule has 0 radical (unpaired) electrons. The van der Waals surface area contributed by atoms with Crippen molar-refractivity contribution in [3.8, 4) is 10.4 Å². The standard InChI is InChI=1S/C26H5F9O2S/c27-16-7-3-10-11(4-8(7)17(28)21(32)20(16)31)26(37)12-5-13-6(1-9(12)25(10)36)2-14(38-13)15-18(29)22(33)24(35)23(34)19(15)30/h1-5H. The maximum absolute atomic E-state index is 14.3. The van der Waals surface area contributed by atoms with Gasteiger partial charge in [0.05, 0.1) is 5.56 Å². The summed E-state index contributed by atoms with van der Waals surface area (Å²) < 4.78 is 126. The molecule has 0 fully saturated rings. The smallest absolute Gasteiger partial charge is 0.200 e. The van der Waals surface area contributed by atoms with Crippen LogP contribution >= 0.6 is 11.3 Å². The second kappa shape index (κ2) is 7.90. The van der Waals surface area contributed by atoms with Crippen LogP contribution in [0.3, 0.4) is 0 Å². The molecule has 0 bridgehead atoms. The molecule has 0 atom stereocenters. The second-order valence-corrected chi connectivity index (χ2v) is 9.43. The van der Waals surface area contributed by atoms with Crippen molar-refractivity contribution in [2.24, 2.45) is 0 Å². The average molecular weight is 552 g/mol. The summed E-state index contributed by atoms with van der Waals surface area (Å²) in [6, 6.07) is 4.76. The fourth-order valence-corrected chi connectivity index (χ4v) is 5.58. The third-order valence-electron chi connectivity index (χ3n) is 6.30. The number of rotatable bonds is 1. The van der Waals surface area contributed by atoms with Crippen LogP contribution in [0.25, 0.3) is 31.3 Å². The molecule has 1 heterocycles. The summed E-state index contributed by atoms with van der Waals surface area (Å²) >= 11 is 0.570. The van der Waals surface area contributed by atoms with E-state index in [-0.39, 0.29) is 21.2 Å². The zero-order chi connectivity index (χ0) is 27.4. The van der Waals surface area contributed by atoms with Gasteiger partial charge >= 0.3 is 0 Å². The zero-order valence-corrected chi connectivity index (χ0v) is 18.8. The van der Waals surface area contributed by atoms with Crippen LogP contribution in [-0.2, 0) is 0 Å². The quantitative estimate of drug-likeness (QED) is 0.119. The van der Waals surface area contributed by atoms with E-state index in [1.54, 1.807) is 0 Å². The molecule has 6 rings (SSSR count). The first-order chi connectivity index (χ1) is 17.9. The monoisotopic (exact) mass is 552 g/mol. The molecule has 0 spiro atoms. The predicted molar refractivity (Wildman–Crippen MR) is 118 cm³/mol. The predicted octanol–water partition coefficient (Wildman–Crippen LogP) is 7.75. The van der Waals surface area contributed by atoms with E-state index in [2.05, 4.69) is 0 Å². The number of ketones is 2. The summed E-state index contributed by atoms with van der Waals surface area (Å²) in [5.41, 5.74) is -2.60. The van der Waals surface area contributed by atoms with Crippen LogP contribution < -0.4 is 0 Å². The summed E-state index contributed by atoms with van der Waals surface area (Å²) in [6.07, 6.45) is 0. The van der Waals surface area contributed by atoms with Gasteiger partial charge in [0, 0.05) is 42.6 Å². The van der Waals surface area contributed by atoms with Gasteiger partial charge < -0.3 is 0 Å². The highest BCUT2D eigenvalue weighted by Crippen LogP contribution is 2.41. The fraction of sp³-hybridized carbons (Fsp3) is 0. The van der Waals surface area contributed by atoms with Gasteiger partial charge in [0.25, 0.3) is 0 Å². The normalized spacial score (nSPS) is 13.0. The van der Waals surface area contributed by atoms with E-state index in [1.807, 2.05) is 0 Å². The first-order valence-corrected chi connectivity index (χ1v) is 11.2. The minimum Gasteiger partial charge on any atom is -0.289 e. The highest BCUT2D eigenvalue weighted by molar-refractivity contribution is 7.22. The summed E-state index contributed by atoms with van der Waals surface area (Å²) in [5, 5.41) is -1.46. The van der Waals surface area contributed by atoms with Crippen LogP contribution in [0, 0.1) is 52.4 Å². The molecular formula is C26H5F9O2S. The lowest BCUT2D eigenvalue weighted by Gasteiger charge is -2.19. The molecule has 5 aromatic rings. The second-order valence-electron chi connectivity index (χ2n) is 8.35. The highest BCUT2D eigenvalue weighted by atomic mass is 32.1. The lowest BCUT2D eigenvalue weighted by molar-refractivity contribution is 0.0979. The lowest BCUT2D eigenvalue weighted by Crippen LogP contribution is -2.21. The molecule has 0 saturated heterocycles. The third-order valence-corrected chi connectivity index (χ3v) is 7.42. The van der Waals surface area contributed by atoms with Gasteiger partial charge in [-0.25, -0.2) is 39.5 Å². The topological polar surface area (TPSA) is 34.1 Å². The number of hydrogen-bond acceptors (Lipinski definition) is 3. The molecule has 2 nitrogen and oxygen atoms in total. The van der Waals surface area contributed by atoms with Crippen molar-refractivity contribution in [3.05, 3.63) is 105 Å². The van der Waals surface area contributed by atoms with Gasteiger partial charge in [-0.15, -0.1) is 11.3 Å². The molecule has 12 heteroatoms. The Morgan fingerprint density at radius 1 is 0.447 bits per heavy atom. The lowest BCUT2D eigenvalue weighted by atomic mass is 9.82. The van der Waals surface area contributed by atoms with E-state index in [4.69, 9.17) is 0 Å². The molecule has 38 heavy (non-hydrogen) atoms. The number of carbonyl (C=O) groups excluding carboxylic acids is 2. The van der Waals surface area contributed by atoms with Crippen LogP contribution in [-0.4, -0.2) is 11.6 Å². The molecule has 190 valence electrons. The number of fused-ring (bicyclic) bond motifs is 4. The first kappa shape index (κ1) is 24.2. The Morgan fingerprint density at radius 3 is 1.34 bits per heavy atom. The number of thiophene rings is 1. The van der Waals surface area contributed by atoms with Gasteiger partial charge in [-0.05, 0) is 35.7 Å². The van der Waals surface area contributed by atoms with Crippen molar-refractivity contribution in [3.63, 3.8) is 0 Å². The molecule has 0 aliphatic heterocycles. The molecular weight excluding hydrogens is 547 g/mol. The molecule has 0 unspecified atom stereocenters. The van der Waals surface area contributed by atoms with E-state index in [0.29, 0.717) is 23.5 Å². The number of hydrogen-bond donors (Lipinski definition) is 0. The van der Waals surface area contributed by atoms with Crippen molar-refractivity contribution in [2.75, 3.05) is 0 Å². The van der Waals surface area contributed by atoms with Crippen LogP contribution in [0.4, 0.5) is 39.5 Å². The molecule has 0 N–H and O–H groups in total. The largest absolute Gasteiger partial charge is 0.289 e. The van der Waals surface area contributed by atoms with Crippen molar-refractivity contribution >= 4 is 43.8 Å². The van der Waals surface area contributed by atoms with E-state index < -0.39 is 96.3 Å². The Morgan fingerprint density at radius 2 is 0.842 bits per heavy atom. The summed E-state index contributed by atoms with van der Waals surface area (Å²) in [4.78, 5) is 26.0. The van der Waals surface area contributed by atoms with Crippen molar-refractivity contribution in [1.29, 1.82) is 0 Å². The van der Waals surface area contributed by atoms with Crippen LogP contribution in [0.15, 0.2) is 30.3 Å². The Bertz CT molecular complexity index is 1830. The van der Waals surface area contributed by atoms with E-state index in [1.165, 1.54) is 0 Å². The maximum atomic E-state index is 14.3. The van der Waals surface area contributed by atoms with Crippen molar-refractivity contribution < 1.29 is 49.1 Å². The third kappa shape index (κ3) is 3.03. The minimum absolute atomic E-state index is 0.100. The van der Waals surface area contributed by atoms with Gasteiger partial charge in [-0.2, -0.15) is 0 Å². The molecule has 1 aromatic heterocycles. The molecule has 1 aliphatic rings. The Labute approximate surface area is 208 Å². The summed E-state index contributed by atoms with van der Waals surface area (Å²) in [5.74, 6) is -20.3. The van der Waals surface area contributed by atoms with Gasteiger partial charge in [0.2, 0.25) is 5.82 Å². The average Bonchev–Trinajstić information content (AvgIpc) is 3.32. The Kier molecular flexibility index (Phi) is 5.03. The number of carbonyl (C=O) groups is 2. The molecule has 4 aromatic carbocycles. The van der Waals surface area contributed by atoms with Gasteiger partial charge in [-0.3, -0.25) is 9.59 Å². The Hall–Kier alpha value is -4.19.